The maximum Gasteiger partial charge on any atom is 0.254 e. The third-order valence-corrected chi connectivity index (χ3v) is 3.15. The number of methoxy groups -OCH3 is 1. The molecule has 1 aromatic rings. The van der Waals surface area contributed by atoms with Gasteiger partial charge in [0.15, 0.2) is 0 Å². The highest BCUT2D eigenvalue weighted by Crippen LogP contribution is 2.17. The molecule has 1 aliphatic rings. The van der Waals surface area contributed by atoms with E-state index in [0.29, 0.717) is 31.1 Å². The summed E-state index contributed by atoms with van der Waals surface area (Å²) >= 11 is 0. The van der Waals surface area contributed by atoms with E-state index in [1.807, 2.05) is 12.1 Å². The van der Waals surface area contributed by atoms with E-state index in [4.69, 9.17) is 15.2 Å². The molecule has 2 N–H and O–H groups in total. The number of rotatable bonds is 5. The van der Waals surface area contributed by atoms with Gasteiger partial charge in [-0.3, -0.25) is 4.79 Å². The van der Waals surface area contributed by atoms with E-state index in [2.05, 4.69) is 0 Å². The predicted octanol–water partition coefficient (Wildman–Crippen LogP) is 0.885. The minimum absolute atomic E-state index is 0.0186. The Morgan fingerprint density at radius 2 is 2.32 bits per heavy atom. The number of likely N-dealkylation sites (tertiary alicyclic amines) is 1. The lowest BCUT2D eigenvalue weighted by Gasteiger charge is -2.16. The van der Waals surface area contributed by atoms with Gasteiger partial charge in [-0.25, -0.2) is 0 Å². The van der Waals surface area contributed by atoms with E-state index in [9.17, 15) is 4.79 Å². The van der Waals surface area contributed by atoms with Crippen LogP contribution in [0.5, 0.6) is 5.75 Å². The second-order valence-corrected chi connectivity index (χ2v) is 4.67. The first kappa shape index (κ1) is 13.8. The molecule has 0 aliphatic carbocycles. The van der Waals surface area contributed by atoms with Crippen LogP contribution >= 0.6 is 0 Å². The summed E-state index contributed by atoms with van der Waals surface area (Å²) in [4.78, 5) is 14.1. The van der Waals surface area contributed by atoms with E-state index < -0.39 is 0 Å². The van der Waals surface area contributed by atoms with Crippen LogP contribution in [0.4, 0.5) is 0 Å². The molecule has 1 saturated heterocycles. The molecule has 1 amide bonds. The zero-order chi connectivity index (χ0) is 13.7. The van der Waals surface area contributed by atoms with Gasteiger partial charge in [-0.1, -0.05) is 6.07 Å². The topological polar surface area (TPSA) is 64.8 Å². The standard InChI is InChI=1S/C14H20N2O3/c1-18-7-8-19-13-4-2-3-11(9-13)14(17)16-6-5-12(15)10-16/h2-4,9,12H,5-8,10,15H2,1H3/t12-/m1/s1. The SMILES string of the molecule is COCCOc1cccc(C(=O)N2CC[C@@H](N)C2)c1. The minimum atomic E-state index is 0.0186. The first-order valence-corrected chi connectivity index (χ1v) is 6.47. The zero-order valence-electron chi connectivity index (χ0n) is 11.2. The lowest BCUT2D eigenvalue weighted by Crippen LogP contribution is -2.31. The van der Waals surface area contributed by atoms with Crippen molar-refractivity contribution < 1.29 is 14.3 Å². The van der Waals surface area contributed by atoms with Crippen molar-refractivity contribution in [2.24, 2.45) is 5.73 Å². The monoisotopic (exact) mass is 264 g/mol. The van der Waals surface area contributed by atoms with Gasteiger partial charge in [0.2, 0.25) is 0 Å². The van der Waals surface area contributed by atoms with Crippen molar-refractivity contribution in [1.29, 1.82) is 0 Å². The average molecular weight is 264 g/mol. The number of nitrogens with two attached hydrogens (primary N) is 1. The Morgan fingerprint density at radius 1 is 1.47 bits per heavy atom. The second-order valence-electron chi connectivity index (χ2n) is 4.67. The Hall–Kier alpha value is -1.59. The Morgan fingerprint density at radius 3 is 3.00 bits per heavy atom. The third kappa shape index (κ3) is 3.68. The van der Waals surface area contributed by atoms with Crippen molar-refractivity contribution in [2.75, 3.05) is 33.4 Å². The fraction of sp³-hybridized carbons (Fsp3) is 0.500. The van der Waals surface area contributed by atoms with Crippen molar-refractivity contribution >= 4 is 5.91 Å². The van der Waals surface area contributed by atoms with E-state index in [-0.39, 0.29) is 11.9 Å². The van der Waals surface area contributed by atoms with E-state index in [1.54, 1.807) is 24.1 Å². The van der Waals surface area contributed by atoms with Gasteiger partial charge >= 0.3 is 0 Å². The summed E-state index contributed by atoms with van der Waals surface area (Å²) in [6, 6.07) is 7.33. The number of amides is 1. The molecule has 0 spiro atoms. The lowest BCUT2D eigenvalue weighted by atomic mass is 10.2. The quantitative estimate of drug-likeness (QED) is 0.802. The maximum absolute atomic E-state index is 12.3. The molecule has 0 unspecified atom stereocenters. The van der Waals surface area contributed by atoms with E-state index in [1.165, 1.54) is 0 Å². The summed E-state index contributed by atoms with van der Waals surface area (Å²) < 4.78 is 10.4. The normalized spacial score (nSPS) is 18.6. The highest BCUT2D eigenvalue weighted by molar-refractivity contribution is 5.94. The molecule has 5 heteroatoms. The molecule has 0 bridgehead atoms. The van der Waals surface area contributed by atoms with Crippen LogP contribution in [0.3, 0.4) is 0 Å². The van der Waals surface area contributed by atoms with Gasteiger partial charge in [-0.05, 0) is 24.6 Å². The van der Waals surface area contributed by atoms with Gasteiger partial charge in [0, 0.05) is 31.8 Å². The average Bonchev–Trinajstić information content (AvgIpc) is 2.85. The fourth-order valence-electron chi connectivity index (χ4n) is 2.12. The smallest absolute Gasteiger partial charge is 0.254 e. The van der Waals surface area contributed by atoms with Gasteiger partial charge in [0.25, 0.3) is 5.91 Å². The van der Waals surface area contributed by atoms with Gasteiger partial charge in [-0.2, -0.15) is 0 Å². The molecule has 19 heavy (non-hydrogen) atoms. The largest absolute Gasteiger partial charge is 0.491 e. The molecule has 0 aromatic heterocycles. The summed E-state index contributed by atoms with van der Waals surface area (Å²) in [5.41, 5.74) is 6.46. The summed E-state index contributed by atoms with van der Waals surface area (Å²) in [5.74, 6) is 0.705. The zero-order valence-corrected chi connectivity index (χ0v) is 11.2. The molecular weight excluding hydrogens is 244 g/mol. The van der Waals surface area contributed by atoms with Crippen LogP contribution in [0.25, 0.3) is 0 Å². The molecule has 1 aromatic carbocycles. The fourth-order valence-corrected chi connectivity index (χ4v) is 2.12. The summed E-state index contributed by atoms with van der Waals surface area (Å²) in [7, 11) is 1.62. The summed E-state index contributed by atoms with van der Waals surface area (Å²) in [6.45, 7) is 2.37. The molecule has 0 radical (unpaired) electrons. The van der Waals surface area contributed by atoms with Crippen molar-refractivity contribution in [1.82, 2.24) is 4.90 Å². The second kappa shape index (κ2) is 6.54. The summed E-state index contributed by atoms with van der Waals surface area (Å²) in [6.07, 6.45) is 0.871. The third-order valence-electron chi connectivity index (χ3n) is 3.15. The van der Waals surface area contributed by atoms with Crippen LogP contribution in [0, 0.1) is 0 Å². The van der Waals surface area contributed by atoms with Crippen LogP contribution in [-0.2, 0) is 4.74 Å². The number of hydrogen-bond acceptors (Lipinski definition) is 4. The Kier molecular flexibility index (Phi) is 4.76. The molecule has 1 atom stereocenters. The number of nitrogens with zero attached hydrogens (tertiary/aromatic N) is 1. The van der Waals surface area contributed by atoms with Crippen molar-refractivity contribution in [3.8, 4) is 5.75 Å². The molecule has 2 rings (SSSR count). The molecule has 1 fully saturated rings. The van der Waals surface area contributed by atoms with Crippen LogP contribution in [0.1, 0.15) is 16.8 Å². The molecule has 5 nitrogen and oxygen atoms in total. The first-order valence-electron chi connectivity index (χ1n) is 6.47. The molecule has 1 heterocycles. The van der Waals surface area contributed by atoms with Crippen LogP contribution in [-0.4, -0.2) is 50.3 Å². The van der Waals surface area contributed by atoms with Crippen LogP contribution < -0.4 is 10.5 Å². The van der Waals surface area contributed by atoms with Gasteiger partial charge < -0.3 is 20.1 Å². The number of ether oxygens (including phenoxy) is 2. The van der Waals surface area contributed by atoms with Crippen LogP contribution in [0.2, 0.25) is 0 Å². The van der Waals surface area contributed by atoms with E-state index in [0.717, 1.165) is 13.0 Å². The summed E-state index contributed by atoms with van der Waals surface area (Å²) in [5, 5.41) is 0. The Balaban J connectivity index is 1.99. The lowest BCUT2D eigenvalue weighted by molar-refractivity contribution is 0.0790. The molecule has 1 aliphatic heterocycles. The van der Waals surface area contributed by atoms with E-state index >= 15 is 0 Å². The molecular formula is C14H20N2O3. The maximum atomic E-state index is 12.3. The molecule has 104 valence electrons. The van der Waals surface area contributed by atoms with Crippen LogP contribution in [0.15, 0.2) is 24.3 Å². The predicted molar refractivity (Wildman–Crippen MR) is 72.3 cm³/mol. The van der Waals surface area contributed by atoms with Crippen molar-refractivity contribution in [2.45, 2.75) is 12.5 Å². The van der Waals surface area contributed by atoms with Gasteiger partial charge in [0.05, 0.1) is 6.61 Å². The highest BCUT2D eigenvalue weighted by atomic mass is 16.5. The van der Waals surface area contributed by atoms with Crippen molar-refractivity contribution in [3.63, 3.8) is 0 Å². The highest BCUT2D eigenvalue weighted by Gasteiger charge is 2.24. The number of carbonyl (C=O) groups excluding carboxylic acids is 1. The Labute approximate surface area is 113 Å². The first-order chi connectivity index (χ1) is 9.20. The number of carbonyl (C=O) groups is 1. The molecule has 0 saturated carbocycles. The number of benzene rings is 1. The van der Waals surface area contributed by atoms with Gasteiger partial charge in [0.1, 0.15) is 12.4 Å². The minimum Gasteiger partial charge on any atom is -0.491 e. The van der Waals surface area contributed by atoms with Gasteiger partial charge in [-0.15, -0.1) is 0 Å². The number of hydrogen-bond donors (Lipinski definition) is 1. The van der Waals surface area contributed by atoms with Crippen molar-refractivity contribution in [3.05, 3.63) is 29.8 Å². The Bertz CT molecular complexity index is 436.